The normalized spacial score (nSPS) is 18.7. The van der Waals surface area contributed by atoms with Crippen LogP contribution in [0.5, 0.6) is 0 Å². The number of halogens is 6. The van der Waals surface area contributed by atoms with E-state index in [0.717, 1.165) is 6.07 Å². The molecule has 124 valence electrons. The topological polar surface area (TPSA) is 29.3 Å². The van der Waals surface area contributed by atoms with Crippen molar-refractivity contribution in [3.63, 3.8) is 0 Å². The molecule has 1 fully saturated rings. The van der Waals surface area contributed by atoms with Crippen molar-refractivity contribution < 1.29 is 26.3 Å². The van der Waals surface area contributed by atoms with E-state index < -0.39 is 23.5 Å². The van der Waals surface area contributed by atoms with Gasteiger partial charge in [0.15, 0.2) is 0 Å². The molecule has 2 rings (SSSR count). The number of benzene rings is 1. The third-order valence-electron chi connectivity index (χ3n) is 3.77. The van der Waals surface area contributed by atoms with Gasteiger partial charge in [0.2, 0.25) is 0 Å². The summed E-state index contributed by atoms with van der Waals surface area (Å²) in [6.45, 7) is 1.05. The van der Waals surface area contributed by atoms with E-state index in [1.54, 1.807) is 4.90 Å². The summed E-state index contributed by atoms with van der Waals surface area (Å²) in [5.41, 5.74) is 3.07. The van der Waals surface area contributed by atoms with Crippen LogP contribution in [0.4, 0.5) is 26.3 Å². The summed E-state index contributed by atoms with van der Waals surface area (Å²) in [4.78, 5) is 1.78. The first kappa shape index (κ1) is 17.1. The Hall–Kier alpha value is -1.28. The monoisotopic (exact) mass is 326 g/mol. The summed E-state index contributed by atoms with van der Waals surface area (Å²) >= 11 is 0. The Morgan fingerprint density at radius 2 is 1.59 bits per heavy atom. The van der Waals surface area contributed by atoms with E-state index in [1.165, 1.54) is 0 Å². The number of nitrogens with two attached hydrogens (primary N) is 1. The minimum Gasteiger partial charge on any atom is -0.328 e. The number of piperidine rings is 1. The van der Waals surface area contributed by atoms with E-state index >= 15 is 0 Å². The van der Waals surface area contributed by atoms with E-state index in [-0.39, 0.29) is 24.2 Å². The minimum atomic E-state index is -4.82. The van der Waals surface area contributed by atoms with E-state index in [9.17, 15) is 26.3 Å². The first-order valence-electron chi connectivity index (χ1n) is 6.82. The Kier molecular flexibility index (Phi) is 4.72. The van der Waals surface area contributed by atoms with Gasteiger partial charge in [-0.2, -0.15) is 26.3 Å². The molecule has 2 nitrogen and oxygen atoms in total. The molecule has 8 heteroatoms. The second kappa shape index (κ2) is 6.08. The fourth-order valence-electron chi connectivity index (χ4n) is 2.51. The lowest BCUT2D eigenvalue weighted by molar-refractivity contribution is -0.143. The molecule has 22 heavy (non-hydrogen) atoms. The maximum Gasteiger partial charge on any atom is 0.416 e. The van der Waals surface area contributed by atoms with Crippen molar-refractivity contribution in [1.29, 1.82) is 0 Å². The van der Waals surface area contributed by atoms with Crippen molar-refractivity contribution in [2.45, 2.75) is 37.8 Å². The van der Waals surface area contributed by atoms with Gasteiger partial charge in [-0.1, -0.05) is 6.07 Å². The van der Waals surface area contributed by atoms with Crippen molar-refractivity contribution >= 4 is 0 Å². The molecular weight excluding hydrogens is 310 g/mol. The molecule has 0 aromatic heterocycles. The average molecular weight is 326 g/mol. The van der Waals surface area contributed by atoms with Crippen molar-refractivity contribution in [3.05, 3.63) is 34.9 Å². The molecule has 0 amide bonds. The van der Waals surface area contributed by atoms with Gasteiger partial charge in [0.05, 0.1) is 11.1 Å². The minimum absolute atomic E-state index is 0.0281. The first-order valence-corrected chi connectivity index (χ1v) is 6.82. The third kappa shape index (κ3) is 4.13. The van der Waals surface area contributed by atoms with Gasteiger partial charge in [0.1, 0.15) is 0 Å². The number of likely N-dealkylation sites (tertiary alicyclic amines) is 1. The number of hydrogen-bond acceptors (Lipinski definition) is 2. The lowest BCUT2D eigenvalue weighted by atomic mass is 10.0. The molecule has 1 aromatic carbocycles. The highest BCUT2D eigenvalue weighted by Crippen LogP contribution is 2.37. The van der Waals surface area contributed by atoms with E-state index in [4.69, 9.17) is 5.73 Å². The Morgan fingerprint density at radius 1 is 1.00 bits per heavy atom. The zero-order valence-corrected chi connectivity index (χ0v) is 11.6. The molecule has 0 bridgehead atoms. The number of rotatable bonds is 2. The van der Waals surface area contributed by atoms with Crippen LogP contribution in [0.3, 0.4) is 0 Å². The van der Waals surface area contributed by atoms with Crippen LogP contribution >= 0.6 is 0 Å². The summed E-state index contributed by atoms with van der Waals surface area (Å²) in [5.74, 6) is 0. The van der Waals surface area contributed by atoms with Crippen molar-refractivity contribution in [2.24, 2.45) is 5.73 Å². The van der Waals surface area contributed by atoms with Gasteiger partial charge in [-0.25, -0.2) is 0 Å². The van der Waals surface area contributed by atoms with Gasteiger partial charge >= 0.3 is 12.4 Å². The van der Waals surface area contributed by atoms with E-state index in [2.05, 4.69) is 0 Å². The third-order valence-corrected chi connectivity index (χ3v) is 3.77. The van der Waals surface area contributed by atoms with Crippen LogP contribution in [0.2, 0.25) is 0 Å². The lowest BCUT2D eigenvalue weighted by Crippen LogP contribution is -2.39. The van der Waals surface area contributed by atoms with E-state index in [1.807, 2.05) is 0 Å². The fourth-order valence-corrected chi connectivity index (χ4v) is 2.51. The quantitative estimate of drug-likeness (QED) is 0.841. The Morgan fingerprint density at radius 3 is 2.09 bits per heavy atom. The molecule has 1 aliphatic heterocycles. The van der Waals surface area contributed by atoms with Gasteiger partial charge in [-0.05, 0) is 43.6 Å². The van der Waals surface area contributed by atoms with Crippen LogP contribution in [0.15, 0.2) is 18.2 Å². The van der Waals surface area contributed by atoms with Crippen LogP contribution < -0.4 is 5.73 Å². The highest BCUT2D eigenvalue weighted by Gasteiger charge is 2.38. The largest absolute Gasteiger partial charge is 0.416 e. The molecule has 0 radical (unpaired) electrons. The van der Waals surface area contributed by atoms with Crippen molar-refractivity contribution in [2.75, 3.05) is 13.1 Å². The average Bonchev–Trinajstić information content (AvgIpc) is 2.39. The zero-order valence-electron chi connectivity index (χ0n) is 11.6. The maximum absolute atomic E-state index is 13.0. The van der Waals surface area contributed by atoms with Crippen LogP contribution in [-0.4, -0.2) is 24.0 Å². The Bertz CT molecular complexity index is 515. The van der Waals surface area contributed by atoms with Crippen LogP contribution in [-0.2, 0) is 18.9 Å². The standard InChI is InChI=1S/C14H16F6N2/c15-13(16,17)10-2-1-9(12(7-10)14(18,19)20)8-22-5-3-11(21)4-6-22/h1-2,7,11H,3-6,8,21H2. The molecule has 0 unspecified atom stereocenters. The van der Waals surface area contributed by atoms with Gasteiger partial charge in [-0.3, -0.25) is 4.90 Å². The molecule has 0 spiro atoms. The maximum atomic E-state index is 13.0. The van der Waals surface area contributed by atoms with Crippen LogP contribution in [0, 0.1) is 0 Å². The molecule has 2 N–H and O–H groups in total. The lowest BCUT2D eigenvalue weighted by Gasteiger charge is -2.31. The highest BCUT2D eigenvalue weighted by molar-refractivity contribution is 5.35. The molecular formula is C14H16F6N2. The summed E-state index contributed by atoms with van der Waals surface area (Å²) in [6, 6.07) is 1.83. The molecule has 1 saturated heterocycles. The Labute approximate surface area is 123 Å². The summed E-state index contributed by atoms with van der Waals surface area (Å²) < 4.78 is 76.9. The van der Waals surface area contributed by atoms with Crippen molar-refractivity contribution in [1.82, 2.24) is 4.90 Å². The molecule has 1 aliphatic rings. The van der Waals surface area contributed by atoms with Gasteiger partial charge in [0, 0.05) is 12.6 Å². The summed E-state index contributed by atoms with van der Waals surface area (Å²) in [5, 5.41) is 0. The zero-order chi connectivity index (χ0) is 16.5. The number of alkyl halides is 6. The molecule has 0 aliphatic carbocycles. The molecule has 1 aromatic rings. The number of nitrogens with zero attached hydrogens (tertiary/aromatic N) is 1. The van der Waals surface area contributed by atoms with Gasteiger partial charge in [0.25, 0.3) is 0 Å². The van der Waals surface area contributed by atoms with Gasteiger partial charge in [-0.15, -0.1) is 0 Å². The predicted molar refractivity (Wildman–Crippen MR) is 68.9 cm³/mol. The Balaban J connectivity index is 2.27. The van der Waals surface area contributed by atoms with Gasteiger partial charge < -0.3 is 5.73 Å². The first-order chi connectivity index (χ1) is 10.1. The van der Waals surface area contributed by atoms with E-state index in [0.29, 0.717) is 32.0 Å². The van der Waals surface area contributed by atoms with Crippen LogP contribution in [0.25, 0.3) is 0 Å². The predicted octanol–water partition coefficient (Wildman–Crippen LogP) is 3.65. The highest BCUT2D eigenvalue weighted by atomic mass is 19.4. The van der Waals surface area contributed by atoms with Crippen molar-refractivity contribution in [3.8, 4) is 0 Å². The molecule has 0 atom stereocenters. The molecule has 1 heterocycles. The summed E-state index contributed by atoms with van der Waals surface area (Å²) in [7, 11) is 0. The smallest absolute Gasteiger partial charge is 0.328 e. The fraction of sp³-hybridized carbons (Fsp3) is 0.571. The second-order valence-corrected chi connectivity index (χ2v) is 5.48. The number of hydrogen-bond donors (Lipinski definition) is 1. The molecule has 0 saturated carbocycles. The summed E-state index contributed by atoms with van der Waals surface area (Å²) in [6.07, 6.45) is -8.27. The second-order valence-electron chi connectivity index (χ2n) is 5.48. The van der Waals surface area contributed by atoms with Crippen LogP contribution in [0.1, 0.15) is 29.5 Å². The SMILES string of the molecule is NC1CCN(Cc2ccc(C(F)(F)F)cc2C(F)(F)F)CC1.